The van der Waals surface area contributed by atoms with Crippen molar-refractivity contribution in [3.63, 3.8) is 0 Å². The molecule has 0 saturated heterocycles. The first-order valence-corrected chi connectivity index (χ1v) is 12.1. The zero-order chi connectivity index (χ0) is 24.5. The lowest BCUT2D eigenvalue weighted by atomic mass is 10.1. The second-order valence-electron chi connectivity index (χ2n) is 8.30. The number of rotatable bonds is 8. The van der Waals surface area contributed by atoms with Gasteiger partial charge in [0.25, 0.3) is 5.91 Å². The standard InChI is InChI=1S/C24H30N2O6S/c1-24(2,3)32-23(29)25-20(17-18-11-7-5-8-12-18)22(28)26-33(30,16-15-21(27)31-4)19-13-9-6-10-14-19/h5-14,20H,15-17H2,1-4H3,(H,25,29)/t20-,33?/m0/s1. The van der Waals surface area contributed by atoms with Gasteiger partial charge >= 0.3 is 12.1 Å². The summed E-state index contributed by atoms with van der Waals surface area (Å²) in [6.45, 7) is 5.13. The van der Waals surface area contributed by atoms with Gasteiger partial charge in [-0.1, -0.05) is 48.5 Å². The molecule has 0 heterocycles. The van der Waals surface area contributed by atoms with E-state index in [1.807, 2.05) is 30.3 Å². The van der Waals surface area contributed by atoms with Gasteiger partial charge in [0, 0.05) is 17.1 Å². The summed E-state index contributed by atoms with van der Waals surface area (Å²) in [4.78, 5) is 37.6. The summed E-state index contributed by atoms with van der Waals surface area (Å²) in [5.74, 6) is -1.53. The Morgan fingerprint density at radius 1 is 1.00 bits per heavy atom. The Balaban J connectivity index is 2.41. The maximum Gasteiger partial charge on any atom is 0.408 e. The third kappa shape index (κ3) is 8.69. The van der Waals surface area contributed by atoms with Crippen LogP contribution in [0.5, 0.6) is 0 Å². The van der Waals surface area contributed by atoms with Gasteiger partial charge < -0.3 is 14.8 Å². The van der Waals surface area contributed by atoms with Crippen molar-refractivity contribution in [1.82, 2.24) is 5.32 Å². The topological polar surface area (TPSA) is 111 Å². The number of alkyl carbamates (subject to hydrolysis) is 1. The largest absolute Gasteiger partial charge is 0.469 e. The van der Waals surface area contributed by atoms with Crippen molar-refractivity contribution in [3.05, 3.63) is 66.2 Å². The van der Waals surface area contributed by atoms with Gasteiger partial charge in [0.1, 0.15) is 11.6 Å². The number of hydrogen-bond donors (Lipinski definition) is 1. The van der Waals surface area contributed by atoms with Crippen molar-refractivity contribution < 1.29 is 28.1 Å². The molecule has 0 aromatic heterocycles. The van der Waals surface area contributed by atoms with Gasteiger partial charge in [0.15, 0.2) is 0 Å². The van der Waals surface area contributed by atoms with Gasteiger partial charge in [-0.25, -0.2) is 9.00 Å². The van der Waals surface area contributed by atoms with Crippen molar-refractivity contribution in [2.75, 3.05) is 12.9 Å². The number of amides is 2. The maximum absolute atomic E-state index is 13.8. The Kier molecular flexibility index (Phi) is 9.16. The predicted molar refractivity (Wildman–Crippen MR) is 125 cm³/mol. The van der Waals surface area contributed by atoms with E-state index in [-0.39, 0.29) is 18.6 Å². The summed E-state index contributed by atoms with van der Waals surface area (Å²) in [7, 11) is -2.07. The molecule has 1 unspecified atom stereocenters. The summed E-state index contributed by atoms with van der Waals surface area (Å²) >= 11 is 0. The zero-order valence-corrected chi connectivity index (χ0v) is 20.1. The highest BCUT2D eigenvalue weighted by molar-refractivity contribution is 7.94. The lowest BCUT2D eigenvalue weighted by Crippen LogP contribution is -2.44. The number of ether oxygens (including phenoxy) is 2. The molecule has 2 aromatic carbocycles. The Labute approximate surface area is 194 Å². The van der Waals surface area contributed by atoms with Gasteiger partial charge in [-0.3, -0.25) is 9.59 Å². The minimum absolute atomic E-state index is 0.129. The molecule has 0 radical (unpaired) electrons. The SMILES string of the molecule is COC(=O)CCS(=O)(=NC(=O)[C@H](Cc1ccccc1)NC(=O)OC(C)(C)C)c1ccccc1. The molecule has 9 heteroatoms. The lowest BCUT2D eigenvalue weighted by Gasteiger charge is -2.22. The fourth-order valence-electron chi connectivity index (χ4n) is 2.88. The van der Waals surface area contributed by atoms with E-state index in [9.17, 15) is 18.6 Å². The number of methoxy groups -OCH3 is 1. The molecule has 0 aliphatic carbocycles. The quantitative estimate of drug-likeness (QED) is 0.584. The van der Waals surface area contributed by atoms with Crippen LogP contribution in [-0.4, -0.2) is 46.7 Å². The maximum atomic E-state index is 13.8. The van der Waals surface area contributed by atoms with E-state index < -0.39 is 39.3 Å². The second-order valence-corrected chi connectivity index (χ2v) is 10.6. The normalized spacial score (nSPS) is 13.8. The van der Waals surface area contributed by atoms with Gasteiger partial charge in [-0.15, -0.1) is 0 Å². The molecule has 1 N–H and O–H groups in total. The van der Waals surface area contributed by atoms with Gasteiger partial charge in [0.2, 0.25) is 0 Å². The zero-order valence-electron chi connectivity index (χ0n) is 19.3. The summed E-state index contributed by atoms with van der Waals surface area (Å²) in [5, 5.41) is 2.55. The third-order valence-corrected chi connectivity index (χ3v) is 6.67. The summed E-state index contributed by atoms with van der Waals surface area (Å²) < 4.78 is 27.7. The first kappa shape index (κ1) is 26.1. The number of benzene rings is 2. The summed E-state index contributed by atoms with van der Waals surface area (Å²) in [5.41, 5.74) is 0.0162. The molecule has 0 spiro atoms. The van der Waals surface area contributed by atoms with Crippen molar-refractivity contribution in [3.8, 4) is 0 Å². The minimum Gasteiger partial charge on any atom is -0.469 e. The number of nitrogens with zero attached hydrogens (tertiary/aromatic N) is 1. The molecule has 0 fully saturated rings. The molecule has 2 amide bonds. The molecule has 0 aliphatic heterocycles. The second kappa shape index (κ2) is 11.6. The highest BCUT2D eigenvalue weighted by Crippen LogP contribution is 2.17. The van der Waals surface area contributed by atoms with E-state index in [0.717, 1.165) is 5.56 Å². The molecular formula is C24H30N2O6S. The fourth-order valence-corrected chi connectivity index (χ4v) is 4.76. The molecule has 2 aromatic rings. The number of carbonyl (C=O) groups is 3. The summed E-state index contributed by atoms with van der Waals surface area (Å²) in [6.07, 6.45) is -0.833. The number of nitrogens with one attached hydrogen (secondary N) is 1. The summed E-state index contributed by atoms with van der Waals surface area (Å²) in [6, 6.07) is 16.2. The van der Waals surface area contributed by atoms with E-state index in [1.54, 1.807) is 51.1 Å². The van der Waals surface area contributed by atoms with E-state index in [4.69, 9.17) is 4.74 Å². The smallest absolute Gasteiger partial charge is 0.408 e. The minimum atomic E-state index is -3.30. The van der Waals surface area contributed by atoms with Gasteiger partial charge in [0.05, 0.1) is 23.3 Å². The molecule has 2 rings (SSSR count). The molecule has 0 saturated carbocycles. The van der Waals surface area contributed by atoms with Gasteiger partial charge in [-0.05, 0) is 38.5 Å². The molecule has 178 valence electrons. The predicted octanol–water partition coefficient (Wildman–Crippen LogP) is 3.74. The van der Waals surface area contributed by atoms with Crippen LogP contribution in [0.1, 0.15) is 32.8 Å². The van der Waals surface area contributed by atoms with Gasteiger partial charge in [-0.2, -0.15) is 4.36 Å². The molecule has 0 aliphatic rings. The van der Waals surface area contributed by atoms with Crippen LogP contribution >= 0.6 is 0 Å². The fraction of sp³-hybridized carbons (Fsp3) is 0.375. The number of esters is 1. The van der Waals surface area contributed by atoms with Crippen LogP contribution in [0.2, 0.25) is 0 Å². The van der Waals surface area contributed by atoms with Crippen LogP contribution in [-0.2, 0) is 35.2 Å². The molecule has 33 heavy (non-hydrogen) atoms. The van der Waals surface area contributed by atoms with Crippen molar-refractivity contribution in [2.45, 2.75) is 50.2 Å². The van der Waals surface area contributed by atoms with Crippen LogP contribution in [0, 0.1) is 0 Å². The Morgan fingerprint density at radius 3 is 2.12 bits per heavy atom. The number of carbonyl (C=O) groups excluding carboxylic acids is 3. The Hall–Kier alpha value is -3.20. The Bertz CT molecular complexity index is 1070. The van der Waals surface area contributed by atoms with Crippen LogP contribution in [0.4, 0.5) is 4.79 Å². The average Bonchev–Trinajstić information content (AvgIpc) is 2.77. The monoisotopic (exact) mass is 474 g/mol. The average molecular weight is 475 g/mol. The highest BCUT2D eigenvalue weighted by Gasteiger charge is 2.27. The number of hydrogen-bond acceptors (Lipinski definition) is 6. The molecule has 8 nitrogen and oxygen atoms in total. The van der Waals surface area contributed by atoms with E-state index in [1.165, 1.54) is 7.11 Å². The van der Waals surface area contributed by atoms with Crippen LogP contribution < -0.4 is 5.32 Å². The Morgan fingerprint density at radius 2 is 1.58 bits per heavy atom. The van der Waals surface area contributed by atoms with Crippen LogP contribution in [0.3, 0.4) is 0 Å². The van der Waals surface area contributed by atoms with Crippen LogP contribution in [0.15, 0.2) is 69.9 Å². The van der Waals surface area contributed by atoms with Crippen LogP contribution in [0.25, 0.3) is 0 Å². The van der Waals surface area contributed by atoms with E-state index >= 15 is 0 Å². The van der Waals surface area contributed by atoms with E-state index in [0.29, 0.717) is 4.90 Å². The molecular weight excluding hydrogens is 444 g/mol. The van der Waals surface area contributed by atoms with Crippen molar-refractivity contribution >= 4 is 27.7 Å². The molecule has 0 bridgehead atoms. The first-order valence-electron chi connectivity index (χ1n) is 10.5. The lowest BCUT2D eigenvalue weighted by molar-refractivity contribution is -0.140. The van der Waals surface area contributed by atoms with E-state index in [2.05, 4.69) is 14.4 Å². The first-order chi connectivity index (χ1) is 15.5. The van der Waals surface area contributed by atoms with Crippen molar-refractivity contribution in [2.24, 2.45) is 4.36 Å². The third-order valence-electron chi connectivity index (χ3n) is 4.43. The molecule has 2 atom stereocenters. The van der Waals surface area contributed by atoms with Crippen molar-refractivity contribution in [1.29, 1.82) is 0 Å². The highest BCUT2D eigenvalue weighted by atomic mass is 32.2.